The lowest BCUT2D eigenvalue weighted by Crippen LogP contribution is -2.36. The maximum absolute atomic E-state index is 9.21. The third-order valence-electron chi connectivity index (χ3n) is 1.75. The minimum Gasteiger partial charge on any atom is -0.392 e. The third kappa shape index (κ3) is 1.68. The minimum atomic E-state index is -1.14. The fraction of sp³-hybridized carbons (Fsp3) is 1.00. The second-order valence-corrected chi connectivity index (χ2v) is 4.01. The molecule has 0 aromatic rings. The summed E-state index contributed by atoms with van der Waals surface area (Å²) in [4.78, 5) is 0. The molecule has 0 spiro atoms. The maximum Gasteiger partial charge on any atom is 0.128 e. The highest BCUT2D eigenvalue weighted by atomic mass is 32.2. The van der Waals surface area contributed by atoms with Crippen molar-refractivity contribution in [3.8, 4) is 0 Å². The van der Waals surface area contributed by atoms with Crippen LogP contribution in [0.4, 0.5) is 0 Å². The van der Waals surface area contributed by atoms with Crippen LogP contribution in [0.15, 0.2) is 0 Å². The number of aliphatic hydroxyl groups is 4. The molecule has 66 valence electrons. The van der Waals surface area contributed by atoms with Crippen molar-refractivity contribution in [3.63, 3.8) is 0 Å². The molecule has 1 fully saturated rings. The first-order valence-corrected chi connectivity index (χ1v) is 4.36. The molecule has 0 unspecified atom stereocenters. The van der Waals surface area contributed by atoms with Gasteiger partial charge in [0, 0.05) is 0 Å². The highest BCUT2D eigenvalue weighted by Crippen LogP contribution is 2.34. The van der Waals surface area contributed by atoms with Crippen molar-refractivity contribution in [2.75, 3.05) is 0 Å². The molecule has 1 saturated heterocycles. The molecular weight excluding hydrogens is 168 g/mol. The molecule has 0 radical (unpaired) electrons. The van der Waals surface area contributed by atoms with Gasteiger partial charge in [0.15, 0.2) is 0 Å². The van der Waals surface area contributed by atoms with Crippen molar-refractivity contribution in [2.45, 2.75) is 35.9 Å². The fourth-order valence-corrected chi connectivity index (χ4v) is 2.28. The lowest BCUT2D eigenvalue weighted by atomic mass is 10.1. The molecule has 0 aromatic carbocycles. The first-order valence-electron chi connectivity index (χ1n) is 3.41. The molecule has 11 heavy (non-hydrogen) atoms. The minimum absolute atomic E-state index is 0.486. The quantitative estimate of drug-likeness (QED) is 0.396. The molecule has 1 aliphatic heterocycles. The van der Waals surface area contributed by atoms with Crippen LogP contribution in [-0.4, -0.2) is 49.4 Å². The second-order valence-electron chi connectivity index (χ2n) is 2.71. The second kappa shape index (κ2) is 3.28. The van der Waals surface area contributed by atoms with E-state index in [1.807, 2.05) is 0 Å². The standard InChI is InChI=1S/C6H12O4S/c1-2(7)5-3(8)4(9)6(10)11-5/h2-10H,1H3/t2-,3-,4-,5+,6-/m1/s1. The summed E-state index contributed by atoms with van der Waals surface area (Å²) in [5, 5.41) is 35.9. The molecule has 0 aromatic heterocycles. The van der Waals surface area contributed by atoms with Crippen molar-refractivity contribution >= 4 is 11.8 Å². The highest BCUT2D eigenvalue weighted by Gasteiger charge is 2.43. The monoisotopic (exact) mass is 180 g/mol. The van der Waals surface area contributed by atoms with E-state index in [0.29, 0.717) is 0 Å². The summed E-state index contributed by atoms with van der Waals surface area (Å²) in [6, 6.07) is 0. The van der Waals surface area contributed by atoms with Gasteiger partial charge in [-0.2, -0.15) is 0 Å². The molecule has 4 N–H and O–H groups in total. The smallest absolute Gasteiger partial charge is 0.128 e. The molecule has 1 aliphatic rings. The van der Waals surface area contributed by atoms with Gasteiger partial charge in [-0.05, 0) is 6.92 Å². The van der Waals surface area contributed by atoms with E-state index in [4.69, 9.17) is 15.3 Å². The Labute approximate surface area is 68.9 Å². The van der Waals surface area contributed by atoms with E-state index in [2.05, 4.69) is 0 Å². The Morgan fingerprint density at radius 2 is 1.73 bits per heavy atom. The molecule has 0 bridgehead atoms. The Morgan fingerprint density at radius 3 is 1.91 bits per heavy atom. The zero-order valence-corrected chi connectivity index (χ0v) is 6.90. The summed E-state index contributed by atoms with van der Waals surface area (Å²) in [6.45, 7) is 1.52. The molecule has 5 heteroatoms. The number of thioether (sulfide) groups is 1. The topological polar surface area (TPSA) is 80.9 Å². The van der Waals surface area contributed by atoms with E-state index in [0.717, 1.165) is 11.8 Å². The third-order valence-corrected chi connectivity index (χ3v) is 3.30. The van der Waals surface area contributed by atoms with Crippen LogP contribution in [-0.2, 0) is 0 Å². The van der Waals surface area contributed by atoms with Gasteiger partial charge in [0.05, 0.1) is 17.5 Å². The Hall–Kier alpha value is 0.190. The number of hydrogen-bond acceptors (Lipinski definition) is 5. The molecular formula is C6H12O4S. The largest absolute Gasteiger partial charge is 0.392 e. The van der Waals surface area contributed by atoms with E-state index >= 15 is 0 Å². The maximum atomic E-state index is 9.21. The molecule has 0 aliphatic carbocycles. The van der Waals surface area contributed by atoms with Gasteiger partial charge in [-0.15, -0.1) is 11.8 Å². The van der Waals surface area contributed by atoms with E-state index in [9.17, 15) is 5.11 Å². The first kappa shape index (κ1) is 9.28. The van der Waals surface area contributed by atoms with Crippen LogP contribution >= 0.6 is 11.8 Å². The van der Waals surface area contributed by atoms with Crippen LogP contribution in [0.25, 0.3) is 0 Å². The summed E-state index contributed by atoms with van der Waals surface area (Å²) in [6.07, 6.45) is -2.89. The van der Waals surface area contributed by atoms with Gasteiger partial charge < -0.3 is 20.4 Å². The zero-order valence-electron chi connectivity index (χ0n) is 6.08. The van der Waals surface area contributed by atoms with Crippen molar-refractivity contribution < 1.29 is 20.4 Å². The molecule has 4 nitrogen and oxygen atoms in total. The van der Waals surface area contributed by atoms with Crippen molar-refractivity contribution in [3.05, 3.63) is 0 Å². The summed E-state index contributed by atoms with van der Waals surface area (Å²) in [5.74, 6) is 0. The highest BCUT2D eigenvalue weighted by molar-refractivity contribution is 8.00. The van der Waals surface area contributed by atoms with Crippen LogP contribution in [0.2, 0.25) is 0 Å². The van der Waals surface area contributed by atoms with E-state index in [-0.39, 0.29) is 0 Å². The fourth-order valence-electron chi connectivity index (χ4n) is 1.08. The SMILES string of the molecule is C[C@@H](O)[C@@H]1S[C@@H](O)[C@H](O)[C@H]1O. The van der Waals surface area contributed by atoms with Gasteiger partial charge in [0.2, 0.25) is 0 Å². The number of aliphatic hydroxyl groups excluding tert-OH is 4. The van der Waals surface area contributed by atoms with Crippen LogP contribution in [0, 0.1) is 0 Å². The van der Waals surface area contributed by atoms with E-state index < -0.39 is 29.0 Å². The average Bonchev–Trinajstić information content (AvgIpc) is 2.17. The zero-order chi connectivity index (χ0) is 8.59. The summed E-state index contributed by atoms with van der Waals surface area (Å²) in [7, 11) is 0. The van der Waals surface area contributed by atoms with E-state index in [1.165, 1.54) is 6.92 Å². The predicted octanol–water partition coefficient (Wildman–Crippen LogP) is -1.48. The van der Waals surface area contributed by atoms with Gasteiger partial charge in [-0.3, -0.25) is 0 Å². The predicted molar refractivity (Wildman–Crippen MR) is 41.1 cm³/mol. The van der Waals surface area contributed by atoms with Crippen LogP contribution in [0.1, 0.15) is 6.92 Å². The van der Waals surface area contributed by atoms with Crippen LogP contribution < -0.4 is 0 Å². The Balaban J connectivity index is 2.59. The van der Waals surface area contributed by atoms with Crippen molar-refractivity contribution in [1.29, 1.82) is 0 Å². The normalized spacial score (nSPS) is 47.7. The van der Waals surface area contributed by atoms with Gasteiger partial charge >= 0.3 is 0 Å². The average molecular weight is 180 g/mol. The number of hydrogen-bond donors (Lipinski definition) is 4. The molecule has 1 heterocycles. The molecule has 1 rings (SSSR count). The van der Waals surface area contributed by atoms with Crippen LogP contribution in [0.5, 0.6) is 0 Å². The summed E-state index contributed by atoms with van der Waals surface area (Å²) >= 11 is 0.995. The van der Waals surface area contributed by atoms with Gasteiger partial charge in [0.25, 0.3) is 0 Å². The summed E-state index contributed by atoms with van der Waals surface area (Å²) in [5.41, 5.74) is -0.982. The Kier molecular flexibility index (Phi) is 2.77. The molecule has 0 amide bonds. The van der Waals surface area contributed by atoms with Crippen molar-refractivity contribution in [1.82, 2.24) is 0 Å². The van der Waals surface area contributed by atoms with Gasteiger partial charge in [-0.25, -0.2) is 0 Å². The Morgan fingerprint density at radius 1 is 1.18 bits per heavy atom. The van der Waals surface area contributed by atoms with Crippen molar-refractivity contribution in [2.24, 2.45) is 0 Å². The molecule has 0 saturated carbocycles. The lowest BCUT2D eigenvalue weighted by Gasteiger charge is -2.16. The van der Waals surface area contributed by atoms with Crippen LogP contribution in [0.3, 0.4) is 0 Å². The lowest BCUT2D eigenvalue weighted by molar-refractivity contribution is -0.0254. The Bertz CT molecular complexity index is 141. The first-order chi connectivity index (χ1) is 5.04. The number of rotatable bonds is 1. The van der Waals surface area contributed by atoms with E-state index in [1.54, 1.807) is 0 Å². The van der Waals surface area contributed by atoms with Gasteiger partial charge in [-0.1, -0.05) is 0 Å². The van der Waals surface area contributed by atoms with Gasteiger partial charge in [0.1, 0.15) is 11.5 Å². The summed E-state index contributed by atoms with van der Waals surface area (Å²) < 4.78 is 0. The molecule has 5 atom stereocenters.